The highest BCUT2D eigenvalue weighted by Gasteiger charge is 2.37. The Morgan fingerprint density at radius 1 is 0.575 bits per heavy atom. The van der Waals surface area contributed by atoms with Gasteiger partial charge in [0.05, 0.1) is 11.1 Å². The van der Waals surface area contributed by atoms with E-state index in [1.54, 1.807) is 12.1 Å². The number of fused-ring (bicyclic) bond motifs is 1. The Morgan fingerprint density at radius 3 is 1.70 bits per heavy atom. The molecule has 40 heavy (non-hydrogen) atoms. The fourth-order valence-electron chi connectivity index (χ4n) is 4.34. The molecule has 5 aromatic carbocycles. The highest BCUT2D eigenvalue weighted by molar-refractivity contribution is 8.08. The maximum atomic E-state index is 13.3. The van der Waals surface area contributed by atoms with E-state index in [0.717, 1.165) is 49.4 Å². The standard InChI is InChI=1S/C32H21F6NS/c1-19(40-30-5-3-2-4-29(30)39)22-10-11-25-15-23(12-13-24(25)14-22)20-6-8-21(9-7-20)26-16-27(31(33,34)35)18-28(17-26)32(36,37)38/h2-18H,1,39H2. The zero-order chi connectivity index (χ0) is 28.7. The molecule has 0 spiro atoms. The van der Waals surface area contributed by atoms with Crippen molar-refractivity contribution in [3.63, 3.8) is 0 Å². The monoisotopic (exact) mass is 565 g/mol. The molecule has 0 saturated carbocycles. The van der Waals surface area contributed by atoms with Crippen molar-refractivity contribution in [2.75, 3.05) is 5.73 Å². The average molecular weight is 566 g/mol. The molecule has 0 radical (unpaired) electrons. The molecule has 0 aromatic heterocycles. The van der Waals surface area contributed by atoms with E-state index in [1.807, 2.05) is 60.7 Å². The lowest BCUT2D eigenvalue weighted by atomic mass is 9.96. The Labute approximate surface area is 231 Å². The van der Waals surface area contributed by atoms with Gasteiger partial charge in [0.2, 0.25) is 0 Å². The van der Waals surface area contributed by atoms with Crippen LogP contribution in [0, 0.1) is 0 Å². The first-order chi connectivity index (χ1) is 18.9. The van der Waals surface area contributed by atoms with Crippen molar-refractivity contribution >= 4 is 33.1 Å². The van der Waals surface area contributed by atoms with Crippen LogP contribution in [0.2, 0.25) is 0 Å². The second kappa shape index (κ2) is 10.4. The second-order valence-electron chi connectivity index (χ2n) is 9.21. The highest BCUT2D eigenvalue weighted by atomic mass is 32.2. The van der Waals surface area contributed by atoms with Gasteiger partial charge in [-0.2, -0.15) is 26.3 Å². The number of halogens is 6. The summed E-state index contributed by atoms with van der Waals surface area (Å²) in [6.07, 6.45) is -9.80. The number of alkyl halides is 6. The molecule has 0 fully saturated rings. The van der Waals surface area contributed by atoms with Crippen molar-refractivity contribution in [2.45, 2.75) is 17.2 Å². The Hall–Kier alpha value is -4.17. The summed E-state index contributed by atoms with van der Waals surface area (Å²) < 4.78 is 79.6. The highest BCUT2D eigenvalue weighted by Crippen LogP contribution is 2.40. The lowest BCUT2D eigenvalue weighted by molar-refractivity contribution is -0.143. The summed E-state index contributed by atoms with van der Waals surface area (Å²) in [6.45, 7) is 4.19. The van der Waals surface area contributed by atoms with Gasteiger partial charge in [-0.25, -0.2) is 0 Å². The maximum absolute atomic E-state index is 13.3. The van der Waals surface area contributed by atoms with Gasteiger partial charge in [-0.1, -0.05) is 79.0 Å². The first-order valence-electron chi connectivity index (χ1n) is 12.0. The number of hydrogen-bond donors (Lipinski definition) is 1. The summed E-state index contributed by atoms with van der Waals surface area (Å²) in [5.41, 5.74) is 6.72. The summed E-state index contributed by atoms with van der Waals surface area (Å²) in [7, 11) is 0. The molecule has 5 aromatic rings. The molecule has 2 N–H and O–H groups in total. The fraction of sp³-hybridized carbons (Fsp3) is 0.0625. The van der Waals surface area contributed by atoms with Crippen molar-refractivity contribution < 1.29 is 26.3 Å². The largest absolute Gasteiger partial charge is 0.416 e. The number of hydrogen-bond acceptors (Lipinski definition) is 2. The molecule has 0 bridgehead atoms. The van der Waals surface area contributed by atoms with Gasteiger partial charge in [-0.3, -0.25) is 0 Å². The number of benzene rings is 5. The van der Waals surface area contributed by atoms with Crippen LogP contribution in [0.5, 0.6) is 0 Å². The van der Waals surface area contributed by atoms with E-state index in [9.17, 15) is 26.3 Å². The van der Waals surface area contributed by atoms with E-state index in [2.05, 4.69) is 6.58 Å². The lowest BCUT2D eigenvalue weighted by Gasteiger charge is -2.14. The van der Waals surface area contributed by atoms with E-state index >= 15 is 0 Å². The van der Waals surface area contributed by atoms with Crippen LogP contribution in [0.3, 0.4) is 0 Å². The van der Waals surface area contributed by atoms with Crippen LogP contribution in [-0.4, -0.2) is 0 Å². The zero-order valence-electron chi connectivity index (χ0n) is 20.8. The summed E-state index contributed by atoms with van der Waals surface area (Å²) in [4.78, 5) is 1.77. The van der Waals surface area contributed by atoms with E-state index in [-0.39, 0.29) is 17.2 Å². The van der Waals surface area contributed by atoms with Crippen LogP contribution < -0.4 is 5.73 Å². The van der Waals surface area contributed by atoms with Crippen LogP contribution in [-0.2, 0) is 12.4 Å². The van der Waals surface area contributed by atoms with Gasteiger partial charge in [-0.15, -0.1) is 0 Å². The van der Waals surface area contributed by atoms with Crippen LogP contribution in [0.15, 0.2) is 115 Å². The predicted molar refractivity (Wildman–Crippen MR) is 151 cm³/mol. The third kappa shape index (κ3) is 5.87. The molecule has 0 unspecified atom stereocenters. The lowest BCUT2D eigenvalue weighted by Crippen LogP contribution is -2.11. The molecule has 5 rings (SSSR count). The van der Waals surface area contributed by atoms with E-state index in [4.69, 9.17) is 5.73 Å². The van der Waals surface area contributed by atoms with Crippen LogP contribution in [0.4, 0.5) is 32.0 Å². The number of para-hydroxylation sites is 1. The van der Waals surface area contributed by atoms with Gasteiger partial charge in [0.15, 0.2) is 0 Å². The third-order valence-corrected chi connectivity index (χ3v) is 7.53. The van der Waals surface area contributed by atoms with Gasteiger partial charge >= 0.3 is 12.4 Å². The Morgan fingerprint density at radius 2 is 1.10 bits per heavy atom. The van der Waals surface area contributed by atoms with E-state index in [1.165, 1.54) is 23.9 Å². The van der Waals surface area contributed by atoms with Gasteiger partial charge in [0.25, 0.3) is 0 Å². The molecule has 202 valence electrons. The number of nitrogen functional groups attached to an aromatic ring is 1. The van der Waals surface area contributed by atoms with Crippen molar-refractivity contribution in [2.24, 2.45) is 0 Å². The van der Waals surface area contributed by atoms with Crippen molar-refractivity contribution in [3.8, 4) is 22.3 Å². The van der Waals surface area contributed by atoms with Crippen LogP contribution in [0.25, 0.3) is 37.9 Å². The summed E-state index contributed by atoms with van der Waals surface area (Å²) in [6, 6.07) is 27.4. The number of nitrogens with two attached hydrogens (primary N) is 1. The van der Waals surface area contributed by atoms with Crippen molar-refractivity contribution in [3.05, 3.63) is 126 Å². The maximum Gasteiger partial charge on any atom is 0.416 e. The van der Waals surface area contributed by atoms with E-state index in [0.29, 0.717) is 5.69 Å². The van der Waals surface area contributed by atoms with Crippen molar-refractivity contribution in [1.82, 2.24) is 0 Å². The SMILES string of the molecule is C=C(Sc1ccccc1N)c1ccc2cc(-c3ccc(-c4cc(C(F)(F)F)cc(C(F)(F)F)c4)cc3)ccc2c1. The molecule has 0 aliphatic heterocycles. The Kier molecular flexibility index (Phi) is 7.14. The van der Waals surface area contributed by atoms with Crippen LogP contribution in [0.1, 0.15) is 16.7 Å². The second-order valence-corrected chi connectivity index (χ2v) is 10.3. The van der Waals surface area contributed by atoms with Gasteiger partial charge in [-0.05, 0) is 81.1 Å². The number of anilines is 1. The number of rotatable bonds is 5. The zero-order valence-corrected chi connectivity index (χ0v) is 21.6. The summed E-state index contributed by atoms with van der Waals surface area (Å²) in [5.74, 6) is 0. The number of thioether (sulfide) groups is 1. The molecule has 1 nitrogen and oxygen atoms in total. The normalized spacial score (nSPS) is 12.1. The molecule has 0 aliphatic carbocycles. The third-order valence-electron chi connectivity index (χ3n) is 6.45. The molecule has 0 atom stereocenters. The summed E-state index contributed by atoms with van der Waals surface area (Å²) >= 11 is 1.49. The minimum Gasteiger partial charge on any atom is -0.398 e. The van der Waals surface area contributed by atoms with Crippen molar-refractivity contribution in [1.29, 1.82) is 0 Å². The first kappa shape index (κ1) is 27.4. The van der Waals surface area contributed by atoms with Crippen LogP contribution >= 0.6 is 11.8 Å². The molecule has 0 aliphatic rings. The smallest absolute Gasteiger partial charge is 0.398 e. The molecule has 8 heteroatoms. The molecule has 0 saturated heterocycles. The fourth-order valence-corrected chi connectivity index (χ4v) is 5.18. The average Bonchev–Trinajstić information content (AvgIpc) is 2.92. The molecular weight excluding hydrogens is 544 g/mol. The van der Waals surface area contributed by atoms with Gasteiger partial charge in [0, 0.05) is 15.5 Å². The minimum absolute atomic E-state index is 0.128. The Bertz CT molecular complexity index is 1690. The summed E-state index contributed by atoms with van der Waals surface area (Å²) in [5, 5.41) is 1.96. The van der Waals surface area contributed by atoms with E-state index < -0.39 is 23.5 Å². The molecule has 0 amide bonds. The quantitative estimate of drug-likeness (QED) is 0.130. The minimum atomic E-state index is -4.90. The predicted octanol–water partition coefficient (Wildman–Crippen LogP) is 10.6. The Balaban J connectivity index is 1.41. The first-order valence-corrected chi connectivity index (χ1v) is 12.9. The molecule has 0 heterocycles. The van der Waals surface area contributed by atoms with Gasteiger partial charge in [0.1, 0.15) is 0 Å². The topological polar surface area (TPSA) is 26.0 Å². The van der Waals surface area contributed by atoms with Gasteiger partial charge < -0.3 is 5.73 Å². The molecular formula is C32H21F6NS.